The van der Waals surface area contributed by atoms with Crippen molar-refractivity contribution in [3.63, 3.8) is 0 Å². The highest BCUT2D eigenvalue weighted by Crippen LogP contribution is 2.06. The molecule has 1 heterocycles. The van der Waals surface area contributed by atoms with Gasteiger partial charge in [-0.25, -0.2) is 9.37 Å². The minimum Gasteiger partial charge on any atom is -0.350 e. The van der Waals surface area contributed by atoms with Gasteiger partial charge in [0.1, 0.15) is 11.5 Å². The molecular formula is C13H14FN3O. The summed E-state index contributed by atoms with van der Waals surface area (Å²) in [6, 6.07) is 6.55. The number of rotatable bonds is 4. The summed E-state index contributed by atoms with van der Waals surface area (Å²) in [5, 5.41) is 2.74. The predicted molar refractivity (Wildman–Crippen MR) is 65.6 cm³/mol. The molecule has 4 nitrogen and oxygen atoms in total. The Kier molecular flexibility index (Phi) is 3.72. The average Bonchev–Trinajstić information content (AvgIpc) is 2.78. The van der Waals surface area contributed by atoms with Crippen molar-refractivity contribution >= 4 is 5.91 Å². The molecule has 0 aliphatic carbocycles. The van der Waals surface area contributed by atoms with Gasteiger partial charge in [0.2, 0.25) is 0 Å². The number of hydrogen-bond acceptors (Lipinski definition) is 2. The van der Waals surface area contributed by atoms with Crippen LogP contribution in [0.25, 0.3) is 0 Å². The summed E-state index contributed by atoms with van der Waals surface area (Å²) in [5.41, 5.74) is 1.09. The number of halogens is 1. The topological polar surface area (TPSA) is 46.9 Å². The fourth-order valence-corrected chi connectivity index (χ4v) is 1.68. The summed E-state index contributed by atoms with van der Waals surface area (Å²) >= 11 is 0. The quantitative estimate of drug-likeness (QED) is 0.890. The van der Waals surface area contributed by atoms with E-state index in [-0.39, 0.29) is 11.7 Å². The Balaban J connectivity index is 1.88. The van der Waals surface area contributed by atoms with Gasteiger partial charge in [0.15, 0.2) is 0 Å². The van der Waals surface area contributed by atoms with Gasteiger partial charge in [0, 0.05) is 13.6 Å². The zero-order valence-electron chi connectivity index (χ0n) is 10.1. The smallest absolute Gasteiger partial charge is 0.269 e. The Morgan fingerprint density at radius 2 is 2.22 bits per heavy atom. The lowest BCUT2D eigenvalue weighted by atomic mass is 10.1. The molecule has 0 radical (unpaired) electrons. The Morgan fingerprint density at radius 1 is 1.44 bits per heavy atom. The van der Waals surface area contributed by atoms with Crippen LogP contribution >= 0.6 is 0 Å². The first-order valence-electron chi connectivity index (χ1n) is 5.66. The summed E-state index contributed by atoms with van der Waals surface area (Å²) < 4.78 is 15.0. The summed E-state index contributed by atoms with van der Waals surface area (Å²) in [4.78, 5) is 15.6. The standard InChI is InChI=1S/C13H14FN3O/c1-17-9-15-8-12(17)13(18)16-7-6-10-4-2-3-5-11(10)14/h2-5,8-9H,6-7H2,1H3,(H,16,18). The van der Waals surface area contributed by atoms with E-state index in [9.17, 15) is 9.18 Å². The zero-order chi connectivity index (χ0) is 13.0. The second-order valence-electron chi connectivity index (χ2n) is 3.99. The van der Waals surface area contributed by atoms with Gasteiger partial charge in [0.05, 0.1) is 12.5 Å². The SMILES string of the molecule is Cn1cncc1C(=O)NCCc1ccccc1F. The number of aryl methyl sites for hydroxylation is 1. The second-order valence-corrected chi connectivity index (χ2v) is 3.99. The van der Waals surface area contributed by atoms with E-state index in [1.165, 1.54) is 12.3 Å². The highest BCUT2D eigenvalue weighted by molar-refractivity contribution is 5.92. The van der Waals surface area contributed by atoms with Crippen molar-refractivity contribution < 1.29 is 9.18 Å². The molecule has 1 aromatic heterocycles. The van der Waals surface area contributed by atoms with Crippen LogP contribution in [-0.2, 0) is 13.5 Å². The molecule has 0 atom stereocenters. The van der Waals surface area contributed by atoms with Crippen molar-refractivity contribution in [2.45, 2.75) is 6.42 Å². The van der Waals surface area contributed by atoms with Crippen molar-refractivity contribution in [1.82, 2.24) is 14.9 Å². The third kappa shape index (κ3) is 2.74. The Hall–Kier alpha value is -2.17. The zero-order valence-corrected chi connectivity index (χ0v) is 10.1. The van der Waals surface area contributed by atoms with Gasteiger partial charge in [0.25, 0.3) is 5.91 Å². The molecule has 0 fully saturated rings. The maximum atomic E-state index is 13.3. The lowest BCUT2D eigenvalue weighted by molar-refractivity contribution is 0.0946. The first kappa shape index (κ1) is 12.3. The van der Waals surface area contributed by atoms with Gasteiger partial charge in [-0.05, 0) is 18.1 Å². The molecule has 1 N–H and O–H groups in total. The van der Waals surface area contributed by atoms with E-state index in [0.29, 0.717) is 24.2 Å². The molecule has 0 saturated carbocycles. The van der Waals surface area contributed by atoms with Gasteiger partial charge in [-0.3, -0.25) is 4.79 Å². The van der Waals surface area contributed by atoms with Crippen LogP contribution in [0, 0.1) is 5.82 Å². The van der Waals surface area contributed by atoms with Crippen LogP contribution < -0.4 is 5.32 Å². The maximum absolute atomic E-state index is 13.3. The minimum atomic E-state index is -0.243. The van der Waals surface area contributed by atoms with Crippen molar-refractivity contribution in [3.05, 3.63) is 53.9 Å². The van der Waals surface area contributed by atoms with Gasteiger partial charge < -0.3 is 9.88 Å². The average molecular weight is 247 g/mol. The van der Waals surface area contributed by atoms with Gasteiger partial charge in [-0.15, -0.1) is 0 Å². The van der Waals surface area contributed by atoms with E-state index < -0.39 is 0 Å². The molecule has 0 saturated heterocycles. The van der Waals surface area contributed by atoms with Crippen molar-refractivity contribution in [2.75, 3.05) is 6.54 Å². The number of aromatic nitrogens is 2. The fraction of sp³-hybridized carbons (Fsp3) is 0.231. The number of carbonyl (C=O) groups excluding carboxylic acids is 1. The highest BCUT2D eigenvalue weighted by Gasteiger charge is 2.09. The first-order valence-corrected chi connectivity index (χ1v) is 5.66. The van der Waals surface area contributed by atoms with Crippen molar-refractivity contribution in [2.24, 2.45) is 7.05 Å². The molecule has 0 spiro atoms. The van der Waals surface area contributed by atoms with E-state index in [1.807, 2.05) is 0 Å². The Labute approximate surface area is 104 Å². The number of carbonyl (C=O) groups is 1. The fourth-order valence-electron chi connectivity index (χ4n) is 1.68. The van der Waals surface area contributed by atoms with Crippen LogP contribution in [0.3, 0.4) is 0 Å². The third-order valence-electron chi connectivity index (χ3n) is 2.69. The molecule has 5 heteroatoms. The molecule has 94 valence electrons. The first-order chi connectivity index (χ1) is 8.68. The van der Waals surface area contributed by atoms with E-state index in [2.05, 4.69) is 10.3 Å². The maximum Gasteiger partial charge on any atom is 0.269 e. The van der Waals surface area contributed by atoms with Gasteiger partial charge in [-0.1, -0.05) is 18.2 Å². The van der Waals surface area contributed by atoms with E-state index in [4.69, 9.17) is 0 Å². The molecule has 0 aliphatic rings. The van der Waals surface area contributed by atoms with Crippen LogP contribution in [0.15, 0.2) is 36.8 Å². The van der Waals surface area contributed by atoms with Crippen molar-refractivity contribution in [3.8, 4) is 0 Å². The normalized spacial score (nSPS) is 10.3. The summed E-state index contributed by atoms with van der Waals surface area (Å²) in [5.74, 6) is -0.446. The van der Waals surface area contributed by atoms with Crippen LogP contribution in [0.4, 0.5) is 4.39 Å². The number of imidazole rings is 1. The molecule has 1 aromatic carbocycles. The third-order valence-corrected chi connectivity index (χ3v) is 2.69. The lowest BCUT2D eigenvalue weighted by Gasteiger charge is -2.06. The molecule has 1 amide bonds. The summed E-state index contributed by atoms with van der Waals surface area (Å²) in [6.45, 7) is 0.394. The molecule has 2 rings (SSSR count). The molecular weight excluding hydrogens is 233 g/mol. The van der Waals surface area contributed by atoms with Crippen LogP contribution in [0.2, 0.25) is 0 Å². The minimum absolute atomic E-state index is 0.202. The molecule has 2 aromatic rings. The van der Waals surface area contributed by atoms with E-state index in [1.54, 1.807) is 36.1 Å². The Bertz CT molecular complexity index is 551. The van der Waals surface area contributed by atoms with E-state index >= 15 is 0 Å². The lowest BCUT2D eigenvalue weighted by Crippen LogP contribution is -2.27. The second kappa shape index (κ2) is 5.44. The van der Waals surface area contributed by atoms with Gasteiger partial charge in [-0.2, -0.15) is 0 Å². The molecule has 0 unspecified atom stereocenters. The number of hydrogen-bond donors (Lipinski definition) is 1. The van der Waals surface area contributed by atoms with Crippen LogP contribution in [0.1, 0.15) is 16.1 Å². The van der Waals surface area contributed by atoms with Crippen LogP contribution in [-0.4, -0.2) is 22.0 Å². The monoisotopic (exact) mass is 247 g/mol. The summed E-state index contributed by atoms with van der Waals surface area (Å²) in [6.07, 6.45) is 3.53. The molecule has 18 heavy (non-hydrogen) atoms. The van der Waals surface area contributed by atoms with Crippen LogP contribution in [0.5, 0.6) is 0 Å². The molecule has 0 bridgehead atoms. The number of nitrogens with one attached hydrogen (secondary N) is 1. The number of nitrogens with zero attached hydrogens (tertiary/aromatic N) is 2. The highest BCUT2D eigenvalue weighted by atomic mass is 19.1. The number of benzene rings is 1. The largest absolute Gasteiger partial charge is 0.350 e. The van der Waals surface area contributed by atoms with Crippen molar-refractivity contribution in [1.29, 1.82) is 0 Å². The Morgan fingerprint density at radius 3 is 2.89 bits per heavy atom. The summed E-state index contributed by atoms with van der Waals surface area (Å²) in [7, 11) is 1.75. The number of amides is 1. The predicted octanol–water partition coefficient (Wildman–Crippen LogP) is 1.53. The molecule has 0 aliphatic heterocycles. The van der Waals surface area contributed by atoms with E-state index in [0.717, 1.165) is 0 Å². The van der Waals surface area contributed by atoms with Gasteiger partial charge >= 0.3 is 0 Å².